The van der Waals surface area contributed by atoms with Crippen molar-refractivity contribution >= 4 is 29.3 Å². The van der Waals surface area contributed by atoms with Crippen LogP contribution in [0.1, 0.15) is 16.1 Å². The summed E-state index contributed by atoms with van der Waals surface area (Å²) in [5.74, 6) is -1.09. The molecule has 0 fully saturated rings. The van der Waals surface area contributed by atoms with E-state index in [0.717, 1.165) is 0 Å². The third kappa shape index (κ3) is 4.47. The highest BCUT2D eigenvalue weighted by Crippen LogP contribution is 2.13. The van der Waals surface area contributed by atoms with E-state index in [-0.39, 0.29) is 18.3 Å². The van der Waals surface area contributed by atoms with E-state index in [2.05, 4.69) is 15.6 Å². The average Bonchev–Trinajstić information content (AvgIpc) is 2.48. The van der Waals surface area contributed by atoms with Gasteiger partial charge in [0, 0.05) is 23.5 Å². The van der Waals surface area contributed by atoms with Gasteiger partial charge in [-0.25, -0.2) is 14.6 Å². The molecule has 3 N–H and O–H groups in total. The van der Waals surface area contributed by atoms with Crippen molar-refractivity contribution in [2.24, 2.45) is 0 Å². The molecular formula is C14H12ClN3O3. The summed E-state index contributed by atoms with van der Waals surface area (Å²) in [5, 5.41) is 14.6. The van der Waals surface area contributed by atoms with Crippen molar-refractivity contribution in [3.05, 3.63) is 58.9 Å². The van der Waals surface area contributed by atoms with Gasteiger partial charge >= 0.3 is 12.0 Å². The Morgan fingerprint density at radius 3 is 2.43 bits per heavy atom. The van der Waals surface area contributed by atoms with E-state index >= 15 is 0 Å². The Morgan fingerprint density at radius 2 is 1.86 bits per heavy atom. The number of carboxylic acid groups (broad SMARTS) is 1. The van der Waals surface area contributed by atoms with Gasteiger partial charge < -0.3 is 15.7 Å². The summed E-state index contributed by atoms with van der Waals surface area (Å²) in [5.41, 5.74) is 1.28. The first-order valence-electron chi connectivity index (χ1n) is 6.03. The van der Waals surface area contributed by atoms with Crippen LogP contribution < -0.4 is 10.6 Å². The molecule has 0 saturated heterocycles. The quantitative estimate of drug-likeness (QED) is 0.810. The van der Waals surface area contributed by atoms with Crippen LogP contribution in [0.5, 0.6) is 0 Å². The van der Waals surface area contributed by atoms with Crippen LogP contribution in [0.4, 0.5) is 10.5 Å². The van der Waals surface area contributed by atoms with E-state index in [1.54, 1.807) is 30.3 Å². The van der Waals surface area contributed by atoms with Gasteiger partial charge in [0.1, 0.15) is 5.69 Å². The fourth-order valence-electron chi connectivity index (χ4n) is 1.55. The highest BCUT2D eigenvalue weighted by atomic mass is 35.5. The van der Waals surface area contributed by atoms with Gasteiger partial charge in [-0.05, 0) is 35.9 Å². The summed E-state index contributed by atoms with van der Waals surface area (Å²) in [6, 6.07) is 9.32. The fourth-order valence-corrected chi connectivity index (χ4v) is 1.67. The number of anilines is 1. The molecule has 0 spiro atoms. The van der Waals surface area contributed by atoms with E-state index in [0.29, 0.717) is 16.3 Å². The fraction of sp³-hybridized carbons (Fsp3) is 0.0714. The summed E-state index contributed by atoms with van der Waals surface area (Å²) >= 11 is 5.75. The Kier molecular flexibility index (Phi) is 4.73. The third-order valence-electron chi connectivity index (χ3n) is 2.60. The van der Waals surface area contributed by atoms with Gasteiger partial charge in [-0.15, -0.1) is 0 Å². The number of hydrogen-bond donors (Lipinski definition) is 3. The molecule has 0 aliphatic rings. The Bertz CT molecular complexity index is 642. The van der Waals surface area contributed by atoms with E-state index in [1.165, 1.54) is 12.3 Å². The summed E-state index contributed by atoms with van der Waals surface area (Å²) in [6.45, 7) is 0.242. The average molecular weight is 306 g/mol. The van der Waals surface area contributed by atoms with Gasteiger partial charge in [-0.1, -0.05) is 17.7 Å². The number of hydrogen-bond acceptors (Lipinski definition) is 3. The molecule has 0 radical (unpaired) electrons. The van der Waals surface area contributed by atoms with Crippen molar-refractivity contribution in [3.63, 3.8) is 0 Å². The van der Waals surface area contributed by atoms with E-state index in [4.69, 9.17) is 16.7 Å². The van der Waals surface area contributed by atoms with Crippen molar-refractivity contribution in [1.82, 2.24) is 10.3 Å². The van der Waals surface area contributed by atoms with Gasteiger partial charge in [-0.2, -0.15) is 0 Å². The summed E-state index contributed by atoms with van der Waals surface area (Å²) in [6.07, 6.45) is 1.41. The number of halogens is 1. The van der Waals surface area contributed by atoms with Crippen LogP contribution in [-0.2, 0) is 6.54 Å². The standard InChI is InChI=1S/C14H12ClN3O3/c15-10-2-4-11(5-3-10)18-14(21)17-8-9-1-6-12(13(19)20)16-7-9/h1-7H,8H2,(H,19,20)(H2,17,18,21). The van der Waals surface area contributed by atoms with Crippen molar-refractivity contribution in [1.29, 1.82) is 0 Å². The molecule has 2 aromatic rings. The zero-order valence-corrected chi connectivity index (χ0v) is 11.6. The molecule has 0 saturated carbocycles. The lowest BCUT2D eigenvalue weighted by atomic mass is 10.2. The number of carbonyl (C=O) groups is 2. The summed E-state index contributed by atoms with van der Waals surface area (Å²) in [4.78, 5) is 26.1. The minimum Gasteiger partial charge on any atom is -0.477 e. The van der Waals surface area contributed by atoms with Gasteiger partial charge in [0.2, 0.25) is 0 Å². The summed E-state index contributed by atoms with van der Waals surface area (Å²) < 4.78 is 0. The van der Waals surface area contributed by atoms with Gasteiger partial charge in [0.15, 0.2) is 0 Å². The highest BCUT2D eigenvalue weighted by Gasteiger charge is 2.05. The maximum absolute atomic E-state index is 11.7. The van der Waals surface area contributed by atoms with Crippen LogP contribution in [0, 0.1) is 0 Å². The maximum Gasteiger partial charge on any atom is 0.354 e. The van der Waals surface area contributed by atoms with E-state index in [9.17, 15) is 9.59 Å². The topological polar surface area (TPSA) is 91.3 Å². The molecule has 1 aromatic carbocycles. The lowest BCUT2D eigenvalue weighted by molar-refractivity contribution is 0.0690. The minimum absolute atomic E-state index is 0.0376. The lowest BCUT2D eigenvalue weighted by Crippen LogP contribution is -2.28. The number of carboxylic acids is 1. The molecule has 108 valence electrons. The first kappa shape index (κ1) is 14.8. The second-order valence-corrected chi connectivity index (χ2v) is 4.61. The molecule has 2 rings (SSSR count). The molecule has 1 aromatic heterocycles. The minimum atomic E-state index is -1.09. The van der Waals surface area contributed by atoms with Crippen molar-refractivity contribution < 1.29 is 14.7 Å². The number of pyridine rings is 1. The number of aromatic carboxylic acids is 1. The van der Waals surface area contributed by atoms with Gasteiger partial charge in [-0.3, -0.25) is 0 Å². The molecule has 21 heavy (non-hydrogen) atoms. The number of aromatic nitrogens is 1. The Labute approximate surface area is 125 Å². The zero-order valence-electron chi connectivity index (χ0n) is 10.8. The molecule has 7 heteroatoms. The van der Waals surface area contributed by atoms with Crippen LogP contribution in [0.15, 0.2) is 42.6 Å². The van der Waals surface area contributed by atoms with Gasteiger partial charge in [0.25, 0.3) is 0 Å². The number of amides is 2. The predicted molar refractivity (Wildman–Crippen MR) is 78.5 cm³/mol. The van der Waals surface area contributed by atoms with Crippen LogP contribution in [0.2, 0.25) is 5.02 Å². The maximum atomic E-state index is 11.7. The Hall–Kier alpha value is -2.60. The lowest BCUT2D eigenvalue weighted by Gasteiger charge is -2.07. The molecule has 0 atom stereocenters. The number of nitrogens with one attached hydrogen (secondary N) is 2. The van der Waals surface area contributed by atoms with Gasteiger partial charge in [0.05, 0.1) is 0 Å². The SMILES string of the molecule is O=C(NCc1ccc(C(=O)O)nc1)Nc1ccc(Cl)cc1. The van der Waals surface area contributed by atoms with Crippen LogP contribution >= 0.6 is 11.6 Å². The molecule has 2 amide bonds. The van der Waals surface area contributed by atoms with Crippen LogP contribution in [-0.4, -0.2) is 22.1 Å². The second-order valence-electron chi connectivity index (χ2n) is 4.17. The molecular weight excluding hydrogens is 294 g/mol. The Morgan fingerprint density at radius 1 is 1.14 bits per heavy atom. The molecule has 0 unspecified atom stereocenters. The van der Waals surface area contributed by atoms with E-state index in [1.807, 2.05) is 0 Å². The monoisotopic (exact) mass is 305 g/mol. The first-order chi connectivity index (χ1) is 10.0. The number of urea groups is 1. The highest BCUT2D eigenvalue weighted by molar-refractivity contribution is 6.30. The van der Waals surface area contributed by atoms with Crippen LogP contribution in [0.25, 0.3) is 0 Å². The molecule has 0 aliphatic carbocycles. The number of carbonyl (C=O) groups excluding carboxylic acids is 1. The van der Waals surface area contributed by atoms with Crippen molar-refractivity contribution in [2.45, 2.75) is 6.54 Å². The molecule has 1 heterocycles. The van der Waals surface area contributed by atoms with Crippen molar-refractivity contribution in [3.8, 4) is 0 Å². The normalized spacial score (nSPS) is 9.95. The smallest absolute Gasteiger partial charge is 0.354 e. The molecule has 0 bridgehead atoms. The van der Waals surface area contributed by atoms with Crippen LogP contribution in [0.3, 0.4) is 0 Å². The third-order valence-corrected chi connectivity index (χ3v) is 2.85. The van der Waals surface area contributed by atoms with E-state index < -0.39 is 5.97 Å². The first-order valence-corrected chi connectivity index (χ1v) is 6.41. The molecule has 6 nitrogen and oxygen atoms in total. The summed E-state index contributed by atoms with van der Waals surface area (Å²) in [7, 11) is 0. The predicted octanol–water partition coefficient (Wildman–Crippen LogP) is 2.75. The molecule has 0 aliphatic heterocycles. The number of benzene rings is 1. The second kappa shape index (κ2) is 6.71. The zero-order chi connectivity index (χ0) is 15.2. The largest absolute Gasteiger partial charge is 0.477 e. The van der Waals surface area contributed by atoms with Crippen molar-refractivity contribution in [2.75, 3.05) is 5.32 Å². The number of nitrogens with zero attached hydrogens (tertiary/aromatic N) is 1. The Balaban J connectivity index is 1.86. The number of rotatable bonds is 4.